The maximum Gasteiger partial charge on any atom is 0.193 e. The fourth-order valence-corrected chi connectivity index (χ4v) is 7.40. The molecule has 0 saturated carbocycles. The van der Waals surface area contributed by atoms with E-state index in [-0.39, 0.29) is 29.5 Å². The molecule has 0 bridgehead atoms. The summed E-state index contributed by atoms with van der Waals surface area (Å²) in [4.78, 5) is 13.6. The largest absolute Gasteiger partial charge is 0.406 e. The smallest absolute Gasteiger partial charge is 0.193 e. The van der Waals surface area contributed by atoms with Crippen molar-refractivity contribution >= 4 is 14.1 Å². The van der Waals surface area contributed by atoms with Crippen LogP contribution in [0.25, 0.3) is 0 Å². The molecule has 4 atom stereocenters. The second-order valence-electron chi connectivity index (χ2n) is 13.5. The molecule has 3 aliphatic rings. The van der Waals surface area contributed by atoms with Gasteiger partial charge >= 0.3 is 0 Å². The number of allylic oxidation sites excluding steroid dienone is 1. The molecule has 1 aromatic carbocycles. The Balaban J connectivity index is 1.63. The van der Waals surface area contributed by atoms with Crippen molar-refractivity contribution in [1.82, 2.24) is 0 Å². The Morgan fingerprint density at radius 1 is 1.11 bits per heavy atom. The van der Waals surface area contributed by atoms with Gasteiger partial charge in [0.15, 0.2) is 20.4 Å². The molecule has 2 aliphatic carbocycles. The number of carbonyl (C=O) groups is 1. The van der Waals surface area contributed by atoms with Crippen molar-refractivity contribution in [2.45, 2.75) is 142 Å². The number of Topliss-reactive ketones (excluding diaryl/α,β-unsaturated/α-hetero) is 1. The molecule has 0 aromatic heterocycles. The van der Waals surface area contributed by atoms with Gasteiger partial charge in [0.2, 0.25) is 0 Å². The van der Waals surface area contributed by atoms with Gasteiger partial charge in [-0.15, -0.1) is 0 Å². The molecule has 1 aliphatic heterocycles. The van der Waals surface area contributed by atoms with Gasteiger partial charge < -0.3 is 13.9 Å². The van der Waals surface area contributed by atoms with Gasteiger partial charge in [-0.1, -0.05) is 65.2 Å². The van der Waals surface area contributed by atoms with Crippen molar-refractivity contribution in [2.24, 2.45) is 5.92 Å². The summed E-state index contributed by atoms with van der Waals surface area (Å²) in [6, 6.07) is 6.62. The number of aryl methyl sites for hydroxylation is 1. The van der Waals surface area contributed by atoms with Gasteiger partial charge in [-0.05, 0) is 104 Å². The van der Waals surface area contributed by atoms with Crippen LogP contribution in [0.2, 0.25) is 18.1 Å². The SMILES string of the molecule is CCCCC[C@@H](CCC1=C2C(CC1=O)Cc1c(C)cccc1[C@H]2O[Si](C)(C)C(C)(C)C)OC1CCCCO1. The summed E-state index contributed by atoms with van der Waals surface area (Å²) in [5.41, 5.74) is 6.34. The first-order chi connectivity index (χ1) is 18.0. The Bertz CT molecular complexity index is 999. The van der Waals surface area contributed by atoms with Gasteiger partial charge in [-0.25, -0.2) is 0 Å². The lowest BCUT2D eigenvalue weighted by Crippen LogP contribution is -2.43. The third kappa shape index (κ3) is 6.71. The van der Waals surface area contributed by atoms with E-state index in [9.17, 15) is 4.79 Å². The number of hydrogen-bond donors (Lipinski definition) is 0. The summed E-state index contributed by atoms with van der Waals surface area (Å²) in [6.07, 6.45) is 11.1. The summed E-state index contributed by atoms with van der Waals surface area (Å²) >= 11 is 0. The number of fused-ring (bicyclic) bond motifs is 2. The summed E-state index contributed by atoms with van der Waals surface area (Å²) in [5.74, 6) is 0.600. The molecule has 4 rings (SSSR count). The fourth-order valence-electron chi connectivity index (χ4n) is 6.21. The molecule has 1 aromatic rings. The summed E-state index contributed by atoms with van der Waals surface area (Å²) in [6.45, 7) is 16.8. The average Bonchev–Trinajstić information content (AvgIpc) is 3.17. The molecule has 1 fully saturated rings. The minimum Gasteiger partial charge on any atom is -0.406 e. The predicted molar refractivity (Wildman–Crippen MR) is 158 cm³/mol. The van der Waals surface area contributed by atoms with Crippen LogP contribution in [-0.2, 0) is 25.1 Å². The van der Waals surface area contributed by atoms with Crippen LogP contribution in [-0.4, -0.2) is 33.1 Å². The fraction of sp³-hybridized carbons (Fsp3) is 0.727. The molecule has 2 unspecified atom stereocenters. The topological polar surface area (TPSA) is 44.8 Å². The summed E-state index contributed by atoms with van der Waals surface area (Å²) in [5, 5.41) is 0.103. The summed E-state index contributed by atoms with van der Waals surface area (Å²) in [7, 11) is -2.07. The van der Waals surface area contributed by atoms with Gasteiger partial charge in [0, 0.05) is 13.0 Å². The lowest BCUT2D eigenvalue weighted by molar-refractivity contribution is -0.190. The molecule has 38 heavy (non-hydrogen) atoms. The van der Waals surface area contributed by atoms with Crippen molar-refractivity contribution in [1.29, 1.82) is 0 Å². The van der Waals surface area contributed by atoms with Gasteiger partial charge in [0.1, 0.15) is 0 Å². The second kappa shape index (κ2) is 12.5. The maximum atomic E-state index is 13.6. The molecule has 1 heterocycles. The highest BCUT2D eigenvalue weighted by molar-refractivity contribution is 6.74. The highest BCUT2D eigenvalue weighted by Crippen LogP contribution is 2.51. The van der Waals surface area contributed by atoms with E-state index < -0.39 is 8.32 Å². The molecular formula is C33H52O4Si. The van der Waals surface area contributed by atoms with E-state index in [4.69, 9.17) is 13.9 Å². The molecule has 5 heteroatoms. The van der Waals surface area contributed by atoms with Crippen LogP contribution >= 0.6 is 0 Å². The Kier molecular flexibility index (Phi) is 9.77. The summed E-state index contributed by atoms with van der Waals surface area (Å²) < 4.78 is 19.6. The Labute approximate surface area is 233 Å². The molecule has 0 spiro atoms. The van der Waals surface area contributed by atoms with Crippen LogP contribution in [0, 0.1) is 12.8 Å². The van der Waals surface area contributed by atoms with Crippen molar-refractivity contribution in [2.75, 3.05) is 6.61 Å². The normalized spacial score (nSPS) is 24.9. The average molecular weight is 541 g/mol. The van der Waals surface area contributed by atoms with E-state index >= 15 is 0 Å². The van der Waals surface area contributed by atoms with E-state index in [0.717, 1.165) is 50.7 Å². The first-order valence-corrected chi connectivity index (χ1v) is 18.2. The van der Waals surface area contributed by atoms with Crippen LogP contribution in [0.5, 0.6) is 0 Å². The van der Waals surface area contributed by atoms with Crippen molar-refractivity contribution in [3.05, 3.63) is 46.0 Å². The molecule has 0 radical (unpaired) electrons. The molecular weight excluding hydrogens is 488 g/mol. The third-order valence-corrected chi connectivity index (χ3v) is 14.0. The standard InChI is InChI=1S/C33H52O4Si/c1-8-9-10-15-25(36-30-17-11-12-20-35-30)18-19-27-29(34)22-24-21-28-23(2)14-13-16-26(28)32(31(24)27)37-38(6,7)33(3,4)5/h13-14,16,24-25,30,32H,8-12,15,17-22H2,1-7H3/t24?,25-,30?,32+/m0/s1. The molecule has 4 nitrogen and oxygen atoms in total. The minimum absolute atomic E-state index is 0.0840. The zero-order chi connectivity index (χ0) is 27.5. The number of ether oxygens (including phenoxy) is 2. The van der Waals surface area contributed by atoms with E-state index in [0.29, 0.717) is 12.2 Å². The maximum absolute atomic E-state index is 13.6. The zero-order valence-electron chi connectivity index (χ0n) is 25.2. The van der Waals surface area contributed by atoms with Crippen molar-refractivity contribution < 1.29 is 18.7 Å². The van der Waals surface area contributed by atoms with E-state index in [1.54, 1.807) is 0 Å². The molecule has 1 saturated heterocycles. The minimum atomic E-state index is -2.07. The van der Waals surface area contributed by atoms with Crippen LogP contribution < -0.4 is 0 Å². The van der Waals surface area contributed by atoms with Gasteiger partial charge in [-0.2, -0.15) is 0 Å². The van der Waals surface area contributed by atoms with Crippen molar-refractivity contribution in [3.8, 4) is 0 Å². The van der Waals surface area contributed by atoms with Crippen molar-refractivity contribution in [3.63, 3.8) is 0 Å². The number of benzene rings is 1. The van der Waals surface area contributed by atoms with Gasteiger partial charge in [-0.3, -0.25) is 4.79 Å². The number of rotatable bonds is 11. The molecule has 212 valence electrons. The quantitative estimate of drug-likeness (QED) is 0.208. The monoisotopic (exact) mass is 540 g/mol. The number of ketones is 1. The number of hydrogen-bond acceptors (Lipinski definition) is 4. The first-order valence-electron chi connectivity index (χ1n) is 15.3. The number of unbranched alkanes of at least 4 members (excludes halogenated alkanes) is 2. The first kappa shape index (κ1) is 29.7. The van der Waals surface area contributed by atoms with E-state index in [1.807, 2.05) is 0 Å². The van der Waals surface area contributed by atoms with Crippen LogP contribution in [0.4, 0.5) is 0 Å². The van der Waals surface area contributed by atoms with Crippen LogP contribution in [0.15, 0.2) is 29.3 Å². The van der Waals surface area contributed by atoms with Gasteiger partial charge in [0.25, 0.3) is 0 Å². The highest BCUT2D eigenvalue weighted by Gasteiger charge is 2.46. The predicted octanol–water partition coefficient (Wildman–Crippen LogP) is 8.77. The van der Waals surface area contributed by atoms with Crippen LogP contribution in [0.3, 0.4) is 0 Å². The van der Waals surface area contributed by atoms with E-state index in [1.165, 1.54) is 47.9 Å². The third-order valence-electron chi connectivity index (χ3n) is 9.57. The number of carbonyl (C=O) groups excluding carboxylic acids is 1. The second-order valence-corrected chi connectivity index (χ2v) is 18.2. The van der Waals surface area contributed by atoms with Crippen LogP contribution in [0.1, 0.15) is 115 Å². The Morgan fingerprint density at radius 3 is 2.58 bits per heavy atom. The Morgan fingerprint density at radius 2 is 1.89 bits per heavy atom. The molecule has 0 amide bonds. The lowest BCUT2D eigenvalue weighted by Gasteiger charge is -2.43. The van der Waals surface area contributed by atoms with E-state index in [2.05, 4.69) is 65.9 Å². The van der Waals surface area contributed by atoms with Gasteiger partial charge in [0.05, 0.1) is 12.2 Å². The molecule has 0 N–H and O–H groups in total. The highest BCUT2D eigenvalue weighted by atomic mass is 28.4. The Hall–Kier alpha value is -1.27. The lowest BCUT2D eigenvalue weighted by atomic mass is 9.77. The zero-order valence-corrected chi connectivity index (χ0v) is 26.2.